The highest BCUT2D eigenvalue weighted by Crippen LogP contribution is 2.64. The number of pyridine rings is 1. The molecule has 0 bridgehead atoms. The molecule has 292 valence electrons. The van der Waals surface area contributed by atoms with Crippen molar-refractivity contribution in [1.29, 1.82) is 0 Å². The molecule has 0 N–H and O–H groups in total. The molecule has 0 amide bonds. The van der Waals surface area contributed by atoms with E-state index in [1.165, 1.54) is 89.5 Å². The second-order valence-electron chi connectivity index (χ2n) is 19.5. The van der Waals surface area contributed by atoms with Crippen molar-refractivity contribution < 1.29 is 0 Å². The van der Waals surface area contributed by atoms with Crippen LogP contribution in [0.4, 0.5) is 34.1 Å². The summed E-state index contributed by atoms with van der Waals surface area (Å²) in [6.45, 7) is 15.0. The number of rotatable bonds is 2. The average molecular weight is 784 g/mol. The summed E-state index contributed by atoms with van der Waals surface area (Å²) in [6.07, 6.45) is 3.84. The van der Waals surface area contributed by atoms with Crippen molar-refractivity contribution in [2.75, 3.05) is 9.80 Å². The number of fused-ring (bicyclic) bond motifs is 8. The van der Waals surface area contributed by atoms with Gasteiger partial charge in [0.1, 0.15) is 0 Å². The SMILES string of the molecule is CC1(C)c2cccc3c2B2c4c1cccc4C(C)(C)c1cc(N4c5ccccc5C5(c6ccccc6N(c6cccnc6)c6ccccc65)c5ccccc54)cc(c12)C3(C)C. The van der Waals surface area contributed by atoms with Gasteiger partial charge in [-0.25, -0.2) is 0 Å². The van der Waals surface area contributed by atoms with Crippen LogP contribution in [0.15, 0.2) is 170 Å². The van der Waals surface area contributed by atoms with Crippen molar-refractivity contribution in [2.45, 2.75) is 63.2 Å². The Hall–Kier alpha value is -6.65. The summed E-state index contributed by atoms with van der Waals surface area (Å²) in [5.41, 5.74) is 24.4. The van der Waals surface area contributed by atoms with Crippen LogP contribution >= 0.6 is 0 Å². The fourth-order valence-corrected chi connectivity index (χ4v) is 13.0. The predicted molar refractivity (Wildman–Crippen MR) is 253 cm³/mol. The maximum absolute atomic E-state index is 4.59. The molecule has 1 spiro atoms. The molecule has 61 heavy (non-hydrogen) atoms. The smallest absolute Gasteiger partial charge is 0.243 e. The van der Waals surface area contributed by atoms with Gasteiger partial charge in [-0.05, 0) is 104 Å². The Bertz CT molecular complexity index is 3020. The van der Waals surface area contributed by atoms with Crippen LogP contribution in [0.25, 0.3) is 0 Å². The number of anilines is 6. The molecular weight excluding hydrogens is 737 g/mol. The molecule has 0 saturated heterocycles. The Morgan fingerprint density at radius 1 is 0.361 bits per heavy atom. The van der Waals surface area contributed by atoms with Crippen LogP contribution in [0.2, 0.25) is 0 Å². The van der Waals surface area contributed by atoms with E-state index in [4.69, 9.17) is 0 Å². The summed E-state index contributed by atoms with van der Waals surface area (Å²) < 4.78 is 0. The number of hydrogen-bond donors (Lipinski definition) is 0. The molecule has 3 nitrogen and oxygen atoms in total. The van der Waals surface area contributed by atoms with Crippen LogP contribution in [0, 0.1) is 0 Å². The Labute approximate surface area is 359 Å². The molecule has 4 heteroatoms. The van der Waals surface area contributed by atoms with E-state index in [1.54, 1.807) is 10.9 Å². The summed E-state index contributed by atoms with van der Waals surface area (Å²) in [5, 5.41) is 0. The molecule has 5 aliphatic heterocycles. The zero-order valence-electron chi connectivity index (χ0n) is 35.6. The van der Waals surface area contributed by atoms with E-state index >= 15 is 0 Å². The van der Waals surface area contributed by atoms with Crippen LogP contribution in [-0.4, -0.2) is 11.7 Å². The lowest BCUT2D eigenvalue weighted by molar-refractivity contribution is 0.599. The molecule has 1 aromatic heterocycles. The first-order valence-electron chi connectivity index (χ1n) is 21.9. The van der Waals surface area contributed by atoms with Gasteiger partial charge < -0.3 is 9.80 Å². The summed E-state index contributed by atoms with van der Waals surface area (Å²) in [7, 11) is 0. The van der Waals surface area contributed by atoms with Crippen molar-refractivity contribution in [3.63, 3.8) is 0 Å². The minimum atomic E-state index is -0.587. The molecule has 0 saturated carbocycles. The number of para-hydroxylation sites is 4. The van der Waals surface area contributed by atoms with Crippen LogP contribution in [0.3, 0.4) is 0 Å². The minimum Gasteiger partial charge on any atom is -0.310 e. The van der Waals surface area contributed by atoms with Crippen LogP contribution in [0.1, 0.15) is 97.2 Å². The Morgan fingerprint density at radius 3 is 1.10 bits per heavy atom. The van der Waals surface area contributed by atoms with Crippen molar-refractivity contribution in [3.05, 3.63) is 226 Å². The first kappa shape index (κ1) is 35.1. The summed E-state index contributed by atoms with van der Waals surface area (Å²) in [6, 6.07) is 60.2. The van der Waals surface area contributed by atoms with E-state index in [1.807, 2.05) is 18.5 Å². The molecule has 0 fully saturated rings. The van der Waals surface area contributed by atoms with Gasteiger partial charge in [-0.3, -0.25) is 4.98 Å². The van der Waals surface area contributed by atoms with Gasteiger partial charge in [0.2, 0.25) is 6.71 Å². The zero-order chi connectivity index (χ0) is 41.2. The van der Waals surface area contributed by atoms with Gasteiger partial charge in [-0.1, -0.05) is 167 Å². The molecular formula is C57H46BN3. The Balaban J connectivity index is 1.11. The molecule has 8 aromatic rings. The summed E-state index contributed by atoms with van der Waals surface area (Å²) in [5.74, 6) is 0. The maximum atomic E-state index is 4.59. The number of hydrogen-bond acceptors (Lipinski definition) is 3. The second-order valence-corrected chi connectivity index (χ2v) is 19.5. The van der Waals surface area contributed by atoms with Crippen molar-refractivity contribution in [3.8, 4) is 0 Å². The monoisotopic (exact) mass is 783 g/mol. The molecule has 0 unspecified atom stereocenters. The van der Waals surface area contributed by atoms with Gasteiger partial charge in [0.25, 0.3) is 0 Å². The summed E-state index contributed by atoms with van der Waals surface area (Å²) >= 11 is 0. The lowest BCUT2D eigenvalue weighted by Gasteiger charge is -2.53. The zero-order valence-corrected chi connectivity index (χ0v) is 35.6. The molecule has 5 aliphatic rings. The number of aromatic nitrogens is 1. The van der Waals surface area contributed by atoms with Gasteiger partial charge in [0.05, 0.1) is 40.0 Å². The van der Waals surface area contributed by atoms with E-state index in [-0.39, 0.29) is 23.0 Å². The third-order valence-electron chi connectivity index (χ3n) is 15.6. The highest BCUT2D eigenvalue weighted by atomic mass is 15.2. The lowest BCUT2D eigenvalue weighted by atomic mass is 9.23. The second kappa shape index (κ2) is 11.6. The third kappa shape index (κ3) is 4.10. The van der Waals surface area contributed by atoms with Crippen molar-refractivity contribution in [1.82, 2.24) is 4.98 Å². The lowest BCUT2D eigenvalue weighted by Crippen LogP contribution is -2.71. The first-order chi connectivity index (χ1) is 29.6. The molecule has 7 aromatic carbocycles. The predicted octanol–water partition coefficient (Wildman–Crippen LogP) is 11.5. The molecule has 0 atom stereocenters. The highest BCUT2D eigenvalue weighted by molar-refractivity contribution is 6.98. The van der Waals surface area contributed by atoms with E-state index < -0.39 is 5.41 Å². The number of benzene rings is 7. The van der Waals surface area contributed by atoms with Crippen LogP contribution in [0.5, 0.6) is 0 Å². The minimum absolute atomic E-state index is 0.0865. The van der Waals surface area contributed by atoms with Crippen molar-refractivity contribution in [2.24, 2.45) is 0 Å². The highest BCUT2D eigenvalue weighted by Gasteiger charge is 2.56. The Kier molecular flexibility index (Phi) is 6.67. The quantitative estimate of drug-likeness (QED) is 0.163. The van der Waals surface area contributed by atoms with Gasteiger partial charge >= 0.3 is 0 Å². The van der Waals surface area contributed by atoms with E-state index in [0.717, 1.165) is 5.69 Å². The fourth-order valence-electron chi connectivity index (χ4n) is 13.0. The maximum Gasteiger partial charge on any atom is 0.243 e. The third-order valence-corrected chi connectivity index (χ3v) is 15.6. The van der Waals surface area contributed by atoms with Crippen LogP contribution in [-0.2, 0) is 21.7 Å². The van der Waals surface area contributed by atoms with E-state index in [2.05, 4.69) is 208 Å². The molecule has 0 aliphatic carbocycles. The molecule has 0 radical (unpaired) electrons. The fraction of sp³-hybridized carbons (Fsp3) is 0.175. The summed E-state index contributed by atoms with van der Waals surface area (Å²) in [4.78, 5) is 9.59. The van der Waals surface area contributed by atoms with Gasteiger partial charge in [-0.15, -0.1) is 0 Å². The van der Waals surface area contributed by atoms with E-state index in [0.29, 0.717) is 0 Å². The van der Waals surface area contributed by atoms with Crippen LogP contribution < -0.4 is 26.2 Å². The van der Waals surface area contributed by atoms with Gasteiger partial charge in [-0.2, -0.15) is 0 Å². The van der Waals surface area contributed by atoms with Gasteiger partial charge in [0, 0.05) is 28.1 Å². The van der Waals surface area contributed by atoms with E-state index in [9.17, 15) is 0 Å². The molecule has 13 rings (SSSR count). The van der Waals surface area contributed by atoms with Crippen molar-refractivity contribution >= 4 is 57.2 Å². The first-order valence-corrected chi connectivity index (χ1v) is 21.9. The standard InChI is InChI=1S/C57H46BN3/c1-54(2)41-23-15-25-43-51(41)58-52-42(54)24-16-26-44(52)56(5,6)46-33-36(32-45(53(46)58)55(43,3)4)61-49-29-13-9-21-39(49)57(40-22-10-14-30-50(40)61)37-19-7-11-27-47(37)60(35-18-17-31-59-34-35)48-28-12-8-20-38(48)57/h7-34H,1-6H3. The Morgan fingerprint density at radius 2 is 0.705 bits per heavy atom. The largest absolute Gasteiger partial charge is 0.310 e. The normalized spacial score (nSPS) is 17.8. The van der Waals surface area contributed by atoms with Gasteiger partial charge in [0.15, 0.2) is 0 Å². The number of nitrogens with zero attached hydrogens (tertiary/aromatic N) is 3. The topological polar surface area (TPSA) is 19.4 Å². The molecule has 6 heterocycles. The average Bonchev–Trinajstić information content (AvgIpc) is 3.28.